The maximum absolute atomic E-state index is 12.3. The fourth-order valence-corrected chi connectivity index (χ4v) is 4.59. The summed E-state index contributed by atoms with van der Waals surface area (Å²) in [5, 5.41) is 4.91. The lowest BCUT2D eigenvalue weighted by atomic mass is 10.1. The lowest BCUT2D eigenvalue weighted by molar-refractivity contribution is -0.124. The largest absolute Gasteiger partial charge is 0.341 e. The van der Waals surface area contributed by atoms with Gasteiger partial charge in [-0.15, -0.1) is 0 Å². The van der Waals surface area contributed by atoms with Crippen molar-refractivity contribution in [3.05, 3.63) is 0 Å². The van der Waals surface area contributed by atoms with E-state index in [1.165, 1.54) is 8.61 Å². The second-order valence-electron chi connectivity index (χ2n) is 7.78. The summed E-state index contributed by atoms with van der Waals surface area (Å²) in [6.07, 6.45) is 0. The normalized spacial score (nSPS) is 19.7. The minimum Gasteiger partial charge on any atom is -0.341 e. The molecule has 31 heavy (non-hydrogen) atoms. The molecular formula is C17H24N8O4S2. The van der Waals surface area contributed by atoms with Gasteiger partial charge in [0.05, 0.1) is 0 Å². The Labute approximate surface area is 188 Å². The van der Waals surface area contributed by atoms with Crippen molar-refractivity contribution >= 4 is 53.7 Å². The van der Waals surface area contributed by atoms with E-state index in [9.17, 15) is 19.2 Å². The zero-order valence-electron chi connectivity index (χ0n) is 18.0. The maximum atomic E-state index is 12.3. The maximum Gasteiger partial charge on any atom is 0.335 e. The molecule has 2 N–H and O–H groups in total. The Morgan fingerprint density at radius 1 is 0.774 bits per heavy atom. The molecule has 168 valence electrons. The Bertz CT molecular complexity index is 884. The van der Waals surface area contributed by atoms with Crippen molar-refractivity contribution in [2.75, 3.05) is 18.0 Å². The average molecular weight is 469 g/mol. The first-order chi connectivity index (χ1) is 14.4. The number of hydrogen-bond acceptors (Lipinski definition) is 10. The van der Waals surface area contributed by atoms with Gasteiger partial charge in [0.2, 0.25) is 16.3 Å². The molecule has 0 aromatic carbocycles. The van der Waals surface area contributed by atoms with Crippen LogP contribution >= 0.6 is 23.9 Å². The molecule has 12 nitrogen and oxygen atoms in total. The Hall–Kier alpha value is -2.61. The van der Waals surface area contributed by atoms with Gasteiger partial charge in [-0.1, -0.05) is 0 Å². The summed E-state index contributed by atoms with van der Waals surface area (Å²) >= 11 is 1.82. The number of anilines is 1. The molecule has 1 aromatic heterocycles. The van der Waals surface area contributed by atoms with Gasteiger partial charge in [0.25, 0.3) is 11.8 Å². The molecule has 0 bridgehead atoms. The van der Waals surface area contributed by atoms with Crippen LogP contribution in [0.25, 0.3) is 0 Å². The number of nitrogens with one attached hydrogen (secondary N) is 2. The molecule has 14 heteroatoms. The highest BCUT2D eigenvalue weighted by Crippen LogP contribution is 2.36. The first-order valence-corrected chi connectivity index (χ1v) is 11.1. The Kier molecular flexibility index (Phi) is 6.06. The number of rotatable bonds is 7. The number of amides is 6. The lowest BCUT2D eigenvalue weighted by Gasteiger charge is -2.27. The van der Waals surface area contributed by atoms with Gasteiger partial charge < -0.3 is 4.90 Å². The van der Waals surface area contributed by atoms with Crippen LogP contribution in [-0.4, -0.2) is 71.6 Å². The van der Waals surface area contributed by atoms with Gasteiger partial charge in [-0.3, -0.25) is 20.2 Å². The van der Waals surface area contributed by atoms with Gasteiger partial charge in [0.15, 0.2) is 0 Å². The van der Waals surface area contributed by atoms with Crippen molar-refractivity contribution < 1.29 is 19.2 Å². The number of urea groups is 2. The summed E-state index contributed by atoms with van der Waals surface area (Å²) in [6.45, 7) is 11.6. The second kappa shape index (κ2) is 8.15. The smallest absolute Gasteiger partial charge is 0.335 e. The van der Waals surface area contributed by atoms with E-state index >= 15 is 0 Å². The number of carbonyl (C=O) groups is 4. The van der Waals surface area contributed by atoms with Crippen molar-refractivity contribution in [3.8, 4) is 0 Å². The molecule has 0 saturated carbocycles. The molecule has 2 aliphatic heterocycles. The van der Waals surface area contributed by atoms with E-state index in [2.05, 4.69) is 25.6 Å². The number of hydrogen-bond donors (Lipinski definition) is 2. The Morgan fingerprint density at radius 3 is 1.45 bits per heavy atom. The van der Waals surface area contributed by atoms with E-state index in [1.807, 2.05) is 18.7 Å². The van der Waals surface area contributed by atoms with Gasteiger partial charge in [-0.2, -0.15) is 15.0 Å². The molecule has 6 amide bonds. The van der Waals surface area contributed by atoms with Gasteiger partial charge >= 0.3 is 12.1 Å². The van der Waals surface area contributed by atoms with Crippen LogP contribution < -0.4 is 15.5 Å². The molecule has 0 radical (unpaired) electrons. The highest BCUT2D eigenvalue weighted by Gasteiger charge is 2.48. The van der Waals surface area contributed by atoms with Crippen LogP contribution in [0.2, 0.25) is 0 Å². The summed E-state index contributed by atoms with van der Waals surface area (Å²) in [6, 6.07) is -1.13. The third-order valence-electron chi connectivity index (χ3n) is 4.91. The van der Waals surface area contributed by atoms with E-state index in [-0.39, 0.29) is 10.3 Å². The van der Waals surface area contributed by atoms with E-state index in [0.717, 1.165) is 23.9 Å². The third kappa shape index (κ3) is 4.13. The predicted octanol–water partition coefficient (Wildman–Crippen LogP) is 1.39. The van der Waals surface area contributed by atoms with Crippen LogP contribution in [0.5, 0.6) is 0 Å². The average Bonchev–Trinajstić information content (AvgIpc) is 3.00. The van der Waals surface area contributed by atoms with Crippen LogP contribution in [0.4, 0.5) is 15.5 Å². The second-order valence-corrected chi connectivity index (χ2v) is 9.61. The van der Waals surface area contributed by atoms with Crippen LogP contribution in [0.15, 0.2) is 10.3 Å². The van der Waals surface area contributed by atoms with Crippen LogP contribution in [0.1, 0.15) is 41.5 Å². The molecule has 2 fully saturated rings. The van der Waals surface area contributed by atoms with E-state index in [4.69, 9.17) is 0 Å². The number of nitrogens with zero attached hydrogens (tertiary/aromatic N) is 6. The van der Waals surface area contributed by atoms with Gasteiger partial charge in [-0.25, -0.2) is 18.2 Å². The Balaban J connectivity index is 1.98. The summed E-state index contributed by atoms with van der Waals surface area (Å²) in [5.74, 6) is -0.490. The quantitative estimate of drug-likeness (QED) is 0.445. The zero-order valence-corrected chi connectivity index (χ0v) is 19.7. The molecular weight excluding hydrogens is 444 g/mol. The summed E-state index contributed by atoms with van der Waals surface area (Å²) in [7, 11) is 0. The Morgan fingerprint density at radius 2 is 1.16 bits per heavy atom. The molecule has 2 aliphatic rings. The van der Waals surface area contributed by atoms with Crippen molar-refractivity contribution in [3.63, 3.8) is 0 Å². The standard InChI is InChI=1S/C17H24N8O4S2/c1-7-23(8-2)11-20-12(30-24-14(28)18-9(26)16(24,3)4)22-13(21-11)31-25-15(29)19-10(27)17(25,5)6/h7-8H2,1-6H3,(H,18,26,28)(H,19,27,29). The first-order valence-electron chi connectivity index (χ1n) is 9.60. The highest BCUT2D eigenvalue weighted by molar-refractivity contribution is 7.98. The highest BCUT2D eigenvalue weighted by atomic mass is 32.2. The minimum atomic E-state index is -1.10. The molecule has 3 heterocycles. The van der Waals surface area contributed by atoms with Gasteiger partial charge in [0.1, 0.15) is 11.1 Å². The molecule has 0 aliphatic carbocycles. The summed E-state index contributed by atoms with van der Waals surface area (Å²) in [4.78, 5) is 63.8. The summed E-state index contributed by atoms with van der Waals surface area (Å²) < 4.78 is 2.53. The lowest BCUT2D eigenvalue weighted by Crippen LogP contribution is -2.40. The van der Waals surface area contributed by atoms with E-state index in [1.54, 1.807) is 27.7 Å². The van der Waals surface area contributed by atoms with Gasteiger partial charge in [-0.05, 0) is 41.5 Å². The number of carbonyl (C=O) groups excluding carboxylic acids is 4. The van der Waals surface area contributed by atoms with Crippen LogP contribution in [0, 0.1) is 0 Å². The molecule has 0 spiro atoms. The fourth-order valence-electron chi connectivity index (χ4n) is 2.83. The molecule has 2 saturated heterocycles. The van der Waals surface area contributed by atoms with Crippen LogP contribution in [-0.2, 0) is 9.59 Å². The van der Waals surface area contributed by atoms with Crippen molar-refractivity contribution in [2.45, 2.75) is 62.9 Å². The SMILES string of the molecule is CCN(CC)c1nc(SN2C(=O)NC(=O)C2(C)C)nc(SN2C(=O)NC(=O)C2(C)C)n1. The first kappa shape index (κ1) is 23.1. The van der Waals surface area contributed by atoms with Crippen molar-refractivity contribution in [2.24, 2.45) is 0 Å². The van der Waals surface area contributed by atoms with Crippen LogP contribution in [0.3, 0.4) is 0 Å². The summed E-state index contributed by atoms with van der Waals surface area (Å²) in [5.41, 5.74) is -2.19. The monoisotopic (exact) mass is 468 g/mol. The molecule has 1 aromatic rings. The molecule has 0 atom stereocenters. The number of imide groups is 2. The van der Waals surface area contributed by atoms with Crippen molar-refractivity contribution in [1.29, 1.82) is 0 Å². The molecule has 3 rings (SSSR count). The number of aromatic nitrogens is 3. The fraction of sp³-hybridized carbons (Fsp3) is 0.588. The zero-order chi connectivity index (χ0) is 23.1. The minimum absolute atomic E-state index is 0.182. The van der Waals surface area contributed by atoms with E-state index < -0.39 is 35.0 Å². The predicted molar refractivity (Wildman–Crippen MR) is 114 cm³/mol. The third-order valence-corrected chi connectivity index (χ3v) is 7.21. The van der Waals surface area contributed by atoms with E-state index in [0.29, 0.717) is 19.0 Å². The molecule has 0 unspecified atom stereocenters. The van der Waals surface area contributed by atoms with Crippen molar-refractivity contribution in [1.82, 2.24) is 34.2 Å². The van der Waals surface area contributed by atoms with Gasteiger partial charge in [0, 0.05) is 37.0 Å². The topological polar surface area (TPSA) is 141 Å².